The number of ether oxygens (including phenoxy) is 2. The largest absolute Gasteiger partial charge is 0.464 e. The predicted octanol–water partition coefficient (Wildman–Crippen LogP) is 4.44. The highest BCUT2D eigenvalue weighted by molar-refractivity contribution is 7.10. The fourth-order valence-electron chi connectivity index (χ4n) is 10.6. The van der Waals surface area contributed by atoms with Gasteiger partial charge in [-0.2, -0.15) is 0 Å². The Morgan fingerprint density at radius 1 is 1.15 bits per heavy atom. The molecule has 0 aliphatic carbocycles. The van der Waals surface area contributed by atoms with Gasteiger partial charge < -0.3 is 34.1 Å². The average Bonchev–Trinajstić information content (AvgIpc) is 3.99. The van der Waals surface area contributed by atoms with Gasteiger partial charge in [0.2, 0.25) is 11.8 Å². The second-order valence-corrected chi connectivity index (χ2v) is 22.5. The standard InChI is InChI=1S/C49H65N9O7SSi/c1-10-40(59)56-21-17-37-38(56)25-57(37)47(63)54(8)42(28(3)4)44(60)52-34-23-39-51-35(26-66-39)30-15-16-36-32(22-30)33(43(55(36)11-2)31-14-12-19-50-41(31)29(5)64-9)24-48(6,7)27-65-46(62)49(67)18-13-20-58(53-49)45(34)61/h10,12,14-16,19,22,26,28-29,34,37-38,42,53H,1,11,13,17-18,20-21,23-25,27H2,2-9,67H3,(H,52,60)/t29-,34-,37+,38+,42-,49-/m0/s1. The van der Waals surface area contributed by atoms with Crippen LogP contribution in [0.1, 0.15) is 83.2 Å². The predicted molar refractivity (Wildman–Crippen MR) is 261 cm³/mol. The highest BCUT2D eigenvalue weighted by Crippen LogP contribution is 2.42. The second-order valence-electron chi connectivity index (χ2n) is 19.9. The topological polar surface area (TPSA) is 172 Å². The number of nitrogens with zero attached hydrogens (tertiary/aromatic N) is 7. The number of thiazole rings is 1. The number of hydrazine groups is 1. The summed E-state index contributed by atoms with van der Waals surface area (Å²) >= 11 is 1.41. The number of nitrogens with one attached hydrogen (secondary N) is 2. The van der Waals surface area contributed by atoms with Gasteiger partial charge in [-0.15, -0.1) is 11.3 Å². The number of urea groups is 1. The van der Waals surface area contributed by atoms with E-state index in [2.05, 4.69) is 66.9 Å². The second kappa shape index (κ2) is 18.9. The minimum Gasteiger partial charge on any atom is -0.464 e. The third kappa shape index (κ3) is 9.04. The highest BCUT2D eigenvalue weighted by atomic mass is 32.1. The summed E-state index contributed by atoms with van der Waals surface area (Å²) in [6.07, 6.45) is 5.19. The summed E-state index contributed by atoms with van der Waals surface area (Å²) in [5, 5.41) is 7.11. The molecule has 7 heterocycles. The molecule has 67 heavy (non-hydrogen) atoms. The van der Waals surface area contributed by atoms with E-state index in [-0.39, 0.29) is 49.1 Å². The molecule has 1 aromatic carbocycles. The summed E-state index contributed by atoms with van der Waals surface area (Å²) in [5.74, 6) is -1.76. The summed E-state index contributed by atoms with van der Waals surface area (Å²) in [6.45, 7) is 17.8. The van der Waals surface area contributed by atoms with Crippen LogP contribution in [0.15, 0.2) is 54.6 Å². The summed E-state index contributed by atoms with van der Waals surface area (Å²) in [6, 6.07) is 7.90. The fraction of sp³-hybridized carbons (Fsp3) is 0.531. The van der Waals surface area contributed by atoms with Crippen LogP contribution in [0.25, 0.3) is 33.4 Å². The van der Waals surface area contributed by atoms with E-state index >= 15 is 0 Å². The molecule has 0 saturated carbocycles. The van der Waals surface area contributed by atoms with Crippen molar-refractivity contribution in [2.75, 3.05) is 40.4 Å². The maximum absolute atomic E-state index is 14.8. The van der Waals surface area contributed by atoms with Gasteiger partial charge in [-0.25, -0.2) is 15.2 Å². The van der Waals surface area contributed by atoms with Gasteiger partial charge in [-0.05, 0) is 81.4 Å². The van der Waals surface area contributed by atoms with Gasteiger partial charge >= 0.3 is 12.0 Å². The van der Waals surface area contributed by atoms with Crippen molar-refractivity contribution in [2.24, 2.45) is 11.3 Å². The van der Waals surface area contributed by atoms with E-state index in [9.17, 15) is 24.0 Å². The number of fused-ring (bicyclic) bond motifs is 7. The number of benzene rings is 1. The molecular formula is C49H65N9O7SSi. The Balaban J connectivity index is 1.16. The Morgan fingerprint density at radius 2 is 1.93 bits per heavy atom. The molecular weight excluding hydrogens is 887 g/mol. The van der Waals surface area contributed by atoms with E-state index in [1.54, 1.807) is 30.2 Å². The molecule has 18 heteroatoms. The number of carbonyl (C=O) groups is 5. The Labute approximate surface area is 399 Å². The molecule has 2 N–H and O–H groups in total. The van der Waals surface area contributed by atoms with Gasteiger partial charge in [-0.3, -0.25) is 29.2 Å². The van der Waals surface area contributed by atoms with Crippen LogP contribution in [0.4, 0.5) is 4.79 Å². The van der Waals surface area contributed by atoms with Crippen molar-refractivity contribution < 1.29 is 33.4 Å². The maximum Gasteiger partial charge on any atom is 0.323 e. The lowest BCUT2D eigenvalue weighted by atomic mass is 9.84. The number of hydrogen-bond donors (Lipinski definition) is 2. The molecule has 0 unspecified atom stereocenters. The van der Waals surface area contributed by atoms with Crippen LogP contribution < -0.4 is 10.7 Å². The van der Waals surface area contributed by atoms with E-state index in [0.717, 1.165) is 44.7 Å². The van der Waals surface area contributed by atoms with Crippen molar-refractivity contribution in [3.8, 4) is 22.5 Å². The van der Waals surface area contributed by atoms with E-state index in [0.29, 0.717) is 67.1 Å². The van der Waals surface area contributed by atoms with Crippen LogP contribution in [0, 0.1) is 11.3 Å². The van der Waals surface area contributed by atoms with Crippen LogP contribution in [-0.4, -0.2) is 144 Å². The van der Waals surface area contributed by atoms with Crippen LogP contribution in [0.3, 0.4) is 0 Å². The molecule has 6 bridgehead atoms. The Bertz CT molecular complexity index is 2590. The maximum atomic E-state index is 14.8. The summed E-state index contributed by atoms with van der Waals surface area (Å²) < 4.78 is 14.4. The van der Waals surface area contributed by atoms with Gasteiger partial charge in [-0.1, -0.05) is 40.3 Å². The number of esters is 1. The highest BCUT2D eigenvalue weighted by Gasteiger charge is 2.52. The average molecular weight is 952 g/mol. The molecule has 0 radical (unpaired) electrons. The van der Waals surface area contributed by atoms with E-state index in [1.165, 1.54) is 27.3 Å². The normalized spacial score (nSPS) is 23.8. The number of carbonyl (C=O) groups excluding carboxylic acids is 5. The monoisotopic (exact) mass is 951 g/mol. The van der Waals surface area contributed by atoms with Crippen LogP contribution in [0.2, 0.25) is 0 Å². The summed E-state index contributed by atoms with van der Waals surface area (Å²) in [7, 11) is 3.65. The molecule has 4 aliphatic heterocycles. The van der Waals surface area contributed by atoms with Crippen molar-refractivity contribution in [3.05, 3.63) is 70.8 Å². The Kier molecular flexibility index (Phi) is 13.6. The zero-order valence-electron chi connectivity index (χ0n) is 40.3. The first-order valence-electron chi connectivity index (χ1n) is 23.5. The van der Waals surface area contributed by atoms with Crippen molar-refractivity contribution in [2.45, 2.75) is 116 Å². The lowest BCUT2D eigenvalue weighted by Crippen LogP contribution is -2.69. The van der Waals surface area contributed by atoms with Crippen molar-refractivity contribution >= 4 is 62.2 Å². The number of aromatic nitrogens is 3. The van der Waals surface area contributed by atoms with Crippen molar-refractivity contribution in [1.29, 1.82) is 0 Å². The van der Waals surface area contributed by atoms with E-state index < -0.39 is 40.4 Å². The first-order valence-corrected chi connectivity index (χ1v) is 25.4. The lowest BCUT2D eigenvalue weighted by Gasteiger charge is -2.48. The van der Waals surface area contributed by atoms with E-state index in [4.69, 9.17) is 19.4 Å². The minimum absolute atomic E-state index is 0.0804. The molecule has 6 atom stereocenters. The van der Waals surface area contributed by atoms with Crippen molar-refractivity contribution in [3.63, 3.8) is 0 Å². The van der Waals surface area contributed by atoms with Gasteiger partial charge in [0.1, 0.15) is 17.2 Å². The smallest absolute Gasteiger partial charge is 0.323 e. The molecule has 3 fully saturated rings. The minimum atomic E-state index is -1.09. The first kappa shape index (κ1) is 48.0. The Morgan fingerprint density at radius 3 is 2.64 bits per heavy atom. The number of cyclic esters (lactones) is 1. The third-order valence-corrected chi connectivity index (χ3v) is 16.2. The van der Waals surface area contributed by atoms with E-state index in [1.807, 2.05) is 32.2 Å². The van der Waals surface area contributed by atoms with Gasteiger partial charge in [0.15, 0.2) is 0 Å². The summed E-state index contributed by atoms with van der Waals surface area (Å²) in [4.78, 5) is 85.0. The van der Waals surface area contributed by atoms with Gasteiger partial charge in [0, 0.05) is 96.0 Å². The number of aryl methyl sites for hydroxylation is 1. The first-order chi connectivity index (χ1) is 31.9. The van der Waals surface area contributed by atoms with Gasteiger partial charge in [0.05, 0.1) is 46.9 Å². The molecule has 5 amide bonds. The molecule has 4 aromatic rings. The van der Waals surface area contributed by atoms with Crippen LogP contribution >= 0.6 is 11.3 Å². The lowest BCUT2D eigenvalue weighted by molar-refractivity contribution is -0.158. The number of likely N-dealkylation sites (N-methyl/N-ethyl adjacent to an activating group) is 1. The number of methoxy groups -OCH3 is 1. The zero-order chi connectivity index (χ0) is 48.1. The molecule has 4 aliphatic rings. The molecule has 8 rings (SSSR count). The number of likely N-dealkylation sites (tertiary alicyclic amines) is 2. The zero-order valence-corrected chi connectivity index (χ0v) is 43.1. The number of pyridine rings is 1. The number of amides is 5. The molecule has 0 spiro atoms. The van der Waals surface area contributed by atoms with Crippen LogP contribution in [0.5, 0.6) is 0 Å². The third-order valence-electron chi connectivity index (χ3n) is 14.2. The Hall–Kier alpha value is -5.43. The van der Waals surface area contributed by atoms with Crippen molar-refractivity contribution in [1.82, 2.24) is 45.0 Å². The number of rotatable bonds is 9. The molecule has 3 saturated heterocycles. The molecule has 3 aromatic heterocycles. The van der Waals surface area contributed by atoms with Gasteiger partial charge in [0.25, 0.3) is 5.91 Å². The SMILES string of the molecule is C=CC(=O)N1CC[C@@H]2[C@H]1CN2C(=O)N(C)[C@H](C(=O)N[C@H]1Cc2nc(cs2)-c2ccc3c(c2)c(c(-c2cccnc2[C@H](C)OC)n3CC)CC(C)(C)COC(=O)[C@@]2([SiH3])CCCN(N2)C1=O)C(C)C. The fourth-order valence-corrected chi connectivity index (χ4v) is 12.2. The quantitative estimate of drug-likeness (QED) is 0.139. The summed E-state index contributed by atoms with van der Waals surface area (Å²) in [5.41, 5.74) is 9.43. The molecule has 16 nitrogen and oxygen atoms in total. The number of hydrogen-bond acceptors (Lipinski definition) is 11. The van der Waals surface area contributed by atoms with Crippen LogP contribution in [-0.2, 0) is 48.0 Å². The molecule has 358 valence electrons.